The highest BCUT2D eigenvalue weighted by Crippen LogP contribution is 2.27. The van der Waals surface area contributed by atoms with E-state index in [4.69, 9.17) is 0 Å². The van der Waals surface area contributed by atoms with E-state index in [2.05, 4.69) is 15.3 Å². The molecule has 0 fully saturated rings. The van der Waals surface area contributed by atoms with Crippen LogP contribution in [0, 0.1) is 0 Å². The Balaban J connectivity index is 1.75. The second-order valence-electron chi connectivity index (χ2n) is 5.96. The van der Waals surface area contributed by atoms with E-state index < -0.39 is 0 Å². The average Bonchev–Trinajstić information content (AvgIpc) is 3.02. The first-order valence-corrected chi connectivity index (χ1v) is 8.13. The summed E-state index contributed by atoms with van der Waals surface area (Å²) in [6.07, 6.45) is 1.67. The van der Waals surface area contributed by atoms with Crippen LogP contribution in [0.3, 0.4) is 0 Å². The molecule has 0 spiro atoms. The SMILES string of the molecule is Cn1cnc(-c2ccccc2)c1NC(=O)c1cccc2[nH]c(=O)ccc12. The fraction of sp³-hybridized carbons (Fsp3) is 0.0500. The minimum Gasteiger partial charge on any atom is -0.322 e. The van der Waals surface area contributed by atoms with Crippen LogP contribution < -0.4 is 10.9 Å². The Morgan fingerprint density at radius 3 is 2.65 bits per heavy atom. The minimum absolute atomic E-state index is 0.201. The number of aromatic amines is 1. The van der Waals surface area contributed by atoms with Gasteiger partial charge in [0.1, 0.15) is 11.5 Å². The van der Waals surface area contributed by atoms with Gasteiger partial charge in [-0.1, -0.05) is 36.4 Å². The molecule has 0 bridgehead atoms. The molecule has 0 saturated carbocycles. The number of aryl methyl sites for hydroxylation is 1. The quantitative estimate of drug-likeness (QED) is 0.599. The third-order valence-corrected chi connectivity index (χ3v) is 4.23. The first-order valence-electron chi connectivity index (χ1n) is 8.13. The Morgan fingerprint density at radius 2 is 1.85 bits per heavy atom. The first kappa shape index (κ1) is 15.8. The van der Waals surface area contributed by atoms with Crippen LogP contribution in [0.5, 0.6) is 0 Å². The van der Waals surface area contributed by atoms with Crippen LogP contribution in [0.25, 0.3) is 22.2 Å². The molecule has 2 aromatic heterocycles. The number of aromatic nitrogens is 3. The summed E-state index contributed by atoms with van der Waals surface area (Å²) in [4.78, 5) is 31.5. The number of carbonyl (C=O) groups is 1. The van der Waals surface area contributed by atoms with E-state index in [-0.39, 0.29) is 11.5 Å². The van der Waals surface area contributed by atoms with Crippen molar-refractivity contribution in [3.05, 3.63) is 82.9 Å². The van der Waals surface area contributed by atoms with Crippen LogP contribution in [0.2, 0.25) is 0 Å². The average molecular weight is 344 g/mol. The number of hydrogen-bond donors (Lipinski definition) is 2. The number of amides is 1. The molecule has 2 aromatic carbocycles. The van der Waals surface area contributed by atoms with Crippen LogP contribution in [0.4, 0.5) is 5.82 Å². The highest BCUT2D eigenvalue weighted by Gasteiger charge is 2.16. The van der Waals surface area contributed by atoms with Crippen LogP contribution >= 0.6 is 0 Å². The van der Waals surface area contributed by atoms with Crippen LogP contribution in [0.15, 0.2) is 71.8 Å². The van der Waals surface area contributed by atoms with E-state index in [0.717, 1.165) is 5.56 Å². The smallest absolute Gasteiger partial charge is 0.257 e. The molecule has 0 atom stereocenters. The molecule has 26 heavy (non-hydrogen) atoms. The van der Waals surface area contributed by atoms with Gasteiger partial charge >= 0.3 is 0 Å². The fourth-order valence-electron chi connectivity index (χ4n) is 2.94. The van der Waals surface area contributed by atoms with Gasteiger partial charge in [-0.05, 0) is 18.2 Å². The van der Waals surface area contributed by atoms with Crippen LogP contribution in [-0.4, -0.2) is 20.4 Å². The fourth-order valence-corrected chi connectivity index (χ4v) is 2.94. The molecular weight excluding hydrogens is 328 g/mol. The van der Waals surface area contributed by atoms with E-state index in [1.165, 1.54) is 6.07 Å². The van der Waals surface area contributed by atoms with Crippen molar-refractivity contribution >= 4 is 22.6 Å². The van der Waals surface area contributed by atoms with Gasteiger partial charge < -0.3 is 14.9 Å². The van der Waals surface area contributed by atoms with Crippen molar-refractivity contribution in [2.75, 3.05) is 5.32 Å². The molecule has 0 radical (unpaired) electrons. The summed E-state index contributed by atoms with van der Waals surface area (Å²) in [5, 5.41) is 3.64. The lowest BCUT2D eigenvalue weighted by Gasteiger charge is -2.10. The summed E-state index contributed by atoms with van der Waals surface area (Å²) in [5.41, 5.74) is 2.53. The van der Waals surface area contributed by atoms with Crippen molar-refractivity contribution in [1.29, 1.82) is 0 Å². The molecule has 0 aliphatic heterocycles. The van der Waals surface area contributed by atoms with Crippen LogP contribution in [0.1, 0.15) is 10.4 Å². The summed E-state index contributed by atoms with van der Waals surface area (Å²) in [6, 6.07) is 18.0. The third-order valence-electron chi connectivity index (χ3n) is 4.23. The van der Waals surface area contributed by atoms with Gasteiger partial charge in [0.15, 0.2) is 0 Å². The standard InChI is InChI=1S/C20H16N4O2/c1-24-12-21-18(13-6-3-2-4-7-13)19(24)23-20(26)15-8-5-9-16-14(15)10-11-17(25)22-16/h2-12H,1H3,(H,22,25)(H,23,26). The Kier molecular flexibility index (Phi) is 3.85. The number of benzene rings is 2. The summed E-state index contributed by atoms with van der Waals surface area (Å²) in [5.74, 6) is 0.353. The molecular formula is C20H16N4O2. The predicted molar refractivity (Wildman–Crippen MR) is 101 cm³/mol. The predicted octanol–water partition coefficient (Wildman–Crippen LogP) is 3.18. The number of nitrogens with one attached hydrogen (secondary N) is 2. The number of pyridine rings is 1. The topological polar surface area (TPSA) is 79.8 Å². The lowest BCUT2D eigenvalue weighted by molar-refractivity contribution is 0.102. The number of rotatable bonds is 3. The molecule has 0 aliphatic rings. The van der Waals surface area contributed by atoms with Gasteiger partial charge in [0.2, 0.25) is 5.56 Å². The van der Waals surface area contributed by atoms with Crippen LogP contribution in [-0.2, 0) is 7.05 Å². The molecule has 4 rings (SSSR count). The van der Waals surface area contributed by atoms with Gasteiger partial charge in [-0.25, -0.2) is 4.98 Å². The Morgan fingerprint density at radius 1 is 1.04 bits per heavy atom. The molecule has 2 N–H and O–H groups in total. The van der Waals surface area contributed by atoms with Gasteiger partial charge in [-0.3, -0.25) is 9.59 Å². The number of imidazole rings is 1. The zero-order valence-electron chi connectivity index (χ0n) is 14.1. The first-order chi connectivity index (χ1) is 12.6. The zero-order chi connectivity index (χ0) is 18.1. The van der Waals surface area contributed by atoms with Gasteiger partial charge in [0, 0.05) is 35.1 Å². The van der Waals surface area contributed by atoms with Crippen molar-refractivity contribution < 1.29 is 4.79 Å². The van der Waals surface area contributed by atoms with Gasteiger partial charge in [0.05, 0.1) is 6.33 Å². The van der Waals surface area contributed by atoms with Crippen molar-refractivity contribution in [2.45, 2.75) is 0 Å². The van der Waals surface area contributed by atoms with Crippen molar-refractivity contribution in [2.24, 2.45) is 7.05 Å². The summed E-state index contributed by atoms with van der Waals surface area (Å²) in [6.45, 7) is 0. The molecule has 6 heteroatoms. The number of H-pyrrole nitrogens is 1. The molecule has 4 aromatic rings. The van der Waals surface area contributed by atoms with Gasteiger partial charge in [-0.2, -0.15) is 0 Å². The molecule has 1 amide bonds. The molecule has 128 valence electrons. The lowest BCUT2D eigenvalue weighted by Crippen LogP contribution is -2.16. The van der Waals surface area contributed by atoms with E-state index in [0.29, 0.717) is 28.0 Å². The molecule has 0 aliphatic carbocycles. The van der Waals surface area contributed by atoms with E-state index in [1.807, 2.05) is 37.4 Å². The number of fused-ring (bicyclic) bond motifs is 1. The maximum Gasteiger partial charge on any atom is 0.257 e. The van der Waals surface area contributed by atoms with Gasteiger partial charge in [-0.15, -0.1) is 0 Å². The Bertz CT molecular complexity index is 1160. The molecule has 0 unspecified atom stereocenters. The highest BCUT2D eigenvalue weighted by atomic mass is 16.1. The second kappa shape index (κ2) is 6.33. The normalized spacial score (nSPS) is 10.8. The van der Waals surface area contributed by atoms with E-state index in [9.17, 15) is 9.59 Å². The number of carbonyl (C=O) groups excluding carboxylic acids is 1. The molecule has 0 saturated heterocycles. The summed E-state index contributed by atoms with van der Waals surface area (Å²) >= 11 is 0. The largest absolute Gasteiger partial charge is 0.322 e. The van der Waals surface area contributed by atoms with Crippen molar-refractivity contribution in [3.8, 4) is 11.3 Å². The zero-order valence-corrected chi connectivity index (χ0v) is 14.1. The number of anilines is 1. The molecule has 6 nitrogen and oxygen atoms in total. The second-order valence-corrected chi connectivity index (χ2v) is 5.96. The monoisotopic (exact) mass is 344 g/mol. The summed E-state index contributed by atoms with van der Waals surface area (Å²) in [7, 11) is 1.83. The third kappa shape index (κ3) is 2.77. The van der Waals surface area contributed by atoms with Crippen molar-refractivity contribution in [3.63, 3.8) is 0 Å². The summed E-state index contributed by atoms with van der Waals surface area (Å²) < 4.78 is 1.77. The Labute approximate surface area is 149 Å². The number of hydrogen-bond acceptors (Lipinski definition) is 3. The number of nitrogens with zero attached hydrogens (tertiary/aromatic N) is 2. The van der Waals surface area contributed by atoms with E-state index >= 15 is 0 Å². The van der Waals surface area contributed by atoms with E-state index in [1.54, 1.807) is 35.2 Å². The molecule has 2 heterocycles. The van der Waals surface area contributed by atoms with Crippen molar-refractivity contribution in [1.82, 2.24) is 14.5 Å². The Hall–Kier alpha value is -3.67. The minimum atomic E-state index is -0.261. The maximum atomic E-state index is 12.9. The maximum absolute atomic E-state index is 12.9. The lowest BCUT2D eigenvalue weighted by atomic mass is 10.1. The highest BCUT2D eigenvalue weighted by molar-refractivity contribution is 6.12. The van der Waals surface area contributed by atoms with Gasteiger partial charge in [0.25, 0.3) is 5.91 Å².